The smallest absolute Gasteiger partial charge is 0.269 e. The third-order valence-corrected chi connectivity index (χ3v) is 1.63. The van der Waals surface area contributed by atoms with Crippen molar-refractivity contribution in [2.24, 2.45) is 0 Å². The third kappa shape index (κ3) is 8.67. The van der Waals surface area contributed by atoms with Crippen LogP contribution in [0.25, 0.3) is 0 Å². The molecule has 0 aliphatic carbocycles. The number of nitro benzene ring substituents is 1. The highest BCUT2D eigenvalue weighted by Crippen LogP contribution is 2.06. The van der Waals surface area contributed by atoms with Crippen molar-refractivity contribution in [3.8, 4) is 0 Å². The molecule has 0 aliphatic rings. The molecule has 92 valence electrons. The first-order valence-electron chi connectivity index (χ1n) is 4.82. The summed E-state index contributed by atoms with van der Waals surface area (Å²) < 4.78 is 0. The number of carbonyl (C=O) groups excluding carboxylic acids is 1. The Balaban J connectivity index is 0.000000304. The quantitative estimate of drug-likeness (QED) is 0.338. The van der Waals surface area contributed by atoms with Crippen LogP contribution >= 0.6 is 0 Å². The average molecular weight is 240 g/mol. The van der Waals surface area contributed by atoms with E-state index in [4.69, 9.17) is 0 Å². The SMILES string of the molecule is O=CCCC[N+](=O)[O-].O=[N+]([O-])c1ccccc1. The Kier molecular flexibility index (Phi) is 7.74. The number of hydrogen-bond donors (Lipinski definition) is 0. The van der Waals surface area contributed by atoms with Crippen molar-refractivity contribution in [1.29, 1.82) is 0 Å². The first-order valence-corrected chi connectivity index (χ1v) is 4.82. The molecule has 0 saturated carbocycles. The van der Waals surface area contributed by atoms with Gasteiger partial charge in [0.2, 0.25) is 6.54 Å². The summed E-state index contributed by atoms with van der Waals surface area (Å²) in [5.41, 5.74) is 0.137. The summed E-state index contributed by atoms with van der Waals surface area (Å²) in [5, 5.41) is 19.6. The maximum Gasteiger partial charge on any atom is 0.269 e. The lowest BCUT2D eigenvalue weighted by molar-refractivity contribution is -0.480. The van der Waals surface area contributed by atoms with E-state index in [9.17, 15) is 25.0 Å². The maximum atomic E-state index is 10.0. The highest BCUT2D eigenvalue weighted by atomic mass is 16.6. The molecule has 7 nitrogen and oxygen atoms in total. The van der Waals surface area contributed by atoms with Gasteiger partial charge in [-0.1, -0.05) is 18.2 Å². The molecule has 0 spiro atoms. The van der Waals surface area contributed by atoms with E-state index in [1.165, 1.54) is 12.1 Å². The normalized spacial score (nSPS) is 8.71. The largest absolute Gasteiger partial charge is 0.303 e. The van der Waals surface area contributed by atoms with Gasteiger partial charge in [-0.2, -0.15) is 0 Å². The van der Waals surface area contributed by atoms with Crippen LogP contribution in [-0.4, -0.2) is 22.7 Å². The molecule has 0 saturated heterocycles. The predicted octanol–water partition coefficient (Wildman–Crippen LogP) is 1.84. The number of benzene rings is 1. The summed E-state index contributed by atoms with van der Waals surface area (Å²) in [7, 11) is 0. The molecule has 1 rings (SSSR count). The third-order valence-electron chi connectivity index (χ3n) is 1.63. The van der Waals surface area contributed by atoms with Crippen molar-refractivity contribution >= 4 is 12.0 Å². The Hall–Kier alpha value is -2.31. The number of unbranched alkanes of at least 4 members (excludes halogenated alkanes) is 1. The molecule has 0 radical (unpaired) electrons. The molecule has 1 aromatic carbocycles. The van der Waals surface area contributed by atoms with Gasteiger partial charge in [0.05, 0.1) is 4.92 Å². The Bertz CT molecular complexity index is 366. The van der Waals surface area contributed by atoms with Crippen molar-refractivity contribution < 1.29 is 14.6 Å². The van der Waals surface area contributed by atoms with Crippen LogP contribution in [0.1, 0.15) is 12.8 Å². The van der Waals surface area contributed by atoms with Crippen molar-refractivity contribution in [2.45, 2.75) is 12.8 Å². The number of carbonyl (C=O) groups is 1. The minimum atomic E-state index is -0.427. The molecular weight excluding hydrogens is 228 g/mol. The first-order chi connectivity index (χ1) is 8.07. The fourth-order valence-electron chi connectivity index (χ4n) is 0.853. The zero-order valence-corrected chi connectivity index (χ0v) is 9.02. The van der Waals surface area contributed by atoms with Gasteiger partial charge in [0.25, 0.3) is 5.69 Å². The van der Waals surface area contributed by atoms with Gasteiger partial charge in [-0.25, -0.2) is 0 Å². The van der Waals surface area contributed by atoms with Gasteiger partial charge < -0.3 is 4.79 Å². The van der Waals surface area contributed by atoms with Crippen LogP contribution in [0.15, 0.2) is 30.3 Å². The predicted molar refractivity (Wildman–Crippen MR) is 60.3 cm³/mol. The van der Waals surface area contributed by atoms with E-state index in [2.05, 4.69) is 0 Å². The topological polar surface area (TPSA) is 103 Å². The van der Waals surface area contributed by atoms with Gasteiger partial charge in [-0.15, -0.1) is 0 Å². The van der Waals surface area contributed by atoms with E-state index in [0.717, 1.165) is 0 Å². The minimum Gasteiger partial charge on any atom is -0.303 e. The van der Waals surface area contributed by atoms with E-state index < -0.39 is 9.85 Å². The maximum absolute atomic E-state index is 10.0. The molecule has 0 aliphatic heterocycles. The first kappa shape index (κ1) is 14.7. The van der Waals surface area contributed by atoms with Crippen LogP contribution in [-0.2, 0) is 4.79 Å². The van der Waals surface area contributed by atoms with Crippen LogP contribution in [0.2, 0.25) is 0 Å². The lowest BCUT2D eigenvalue weighted by Crippen LogP contribution is -1.99. The lowest BCUT2D eigenvalue weighted by Gasteiger charge is -1.85. The lowest BCUT2D eigenvalue weighted by atomic mass is 10.3. The molecule has 0 N–H and O–H groups in total. The summed E-state index contributed by atoms with van der Waals surface area (Å²) >= 11 is 0. The highest BCUT2D eigenvalue weighted by molar-refractivity contribution is 5.48. The van der Waals surface area contributed by atoms with Crippen LogP contribution < -0.4 is 0 Å². The van der Waals surface area contributed by atoms with E-state index in [-0.39, 0.29) is 12.2 Å². The zero-order valence-electron chi connectivity index (χ0n) is 9.02. The number of hydrogen-bond acceptors (Lipinski definition) is 5. The van der Waals surface area contributed by atoms with Crippen molar-refractivity contribution in [2.75, 3.05) is 6.54 Å². The standard InChI is InChI=1S/C6H5NO2.C4H7NO3/c8-7(9)6-4-2-1-3-5-6;6-4-2-1-3-5(7)8/h1-5H;4H,1-3H2. The van der Waals surface area contributed by atoms with Crippen LogP contribution in [0.5, 0.6) is 0 Å². The van der Waals surface area contributed by atoms with Crippen LogP contribution in [0.3, 0.4) is 0 Å². The van der Waals surface area contributed by atoms with Crippen LogP contribution in [0, 0.1) is 20.2 Å². The Morgan fingerprint density at radius 2 is 1.71 bits per heavy atom. The van der Waals surface area contributed by atoms with Gasteiger partial charge in [0.1, 0.15) is 6.29 Å². The van der Waals surface area contributed by atoms with Gasteiger partial charge in [0, 0.05) is 29.9 Å². The Morgan fingerprint density at radius 1 is 1.12 bits per heavy atom. The van der Waals surface area contributed by atoms with Gasteiger partial charge in [-0.05, 0) is 0 Å². The molecule has 0 fully saturated rings. The fraction of sp³-hybridized carbons (Fsp3) is 0.300. The summed E-state index contributed by atoms with van der Waals surface area (Å²) in [5.74, 6) is 0. The van der Waals surface area contributed by atoms with Gasteiger partial charge >= 0.3 is 0 Å². The van der Waals surface area contributed by atoms with E-state index >= 15 is 0 Å². The number of para-hydroxylation sites is 1. The second-order valence-corrected chi connectivity index (χ2v) is 2.96. The van der Waals surface area contributed by atoms with E-state index in [0.29, 0.717) is 19.1 Å². The molecular formula is C10H12N2O5. The number of nitro groups is 2. The Labute approximate surface area is 97.4 Å². The fourth-order valence-corrected chi connectivity index (χ4v) is 0.853. The summed E-state index contributed by atoms with van der Waals surface area (Å²) in [6.45, 7) is -0.0985. The molecule has 0 unspecified atom stereocenters. The number of nitrogens with zero attached hydrogens (tertiary/aromatic N) is 2. The number of non-ortho nitro benzene ring substituents is 1. The average Bonchev–Trinajstić information content (AvgIpc) is 2.31. The molecule has 17 heavy (non-hydrogen) atoms. The summed E-state index contributed by atoms with van der Waals surface area (Å²) in [6, 6.07) is 7.93. The van der Waals surface area contributed by atoms with Gasteiger partial charge in [0.15, 0.2) is 0 Å². The highest BCUT2D eigenvalue weighted by Gasteiger charge is 1.98. The second kappa shape index (κ2) is 8.96. The second-order valence-electron chi connectivity index (χ2n) is 2.96. The van der Waals surface area contributed by atoms with Crippen molar-refractivity contribution in [1.82, 2.24) is 0 Å². The van der Waals surface area contributed by atoms with Crippen molar-refractivity contribution in [3.63, 3.8) is 0 Å². The molecule has 7 heteroatoms. The molecule has 0 bridgehead atoms. The van der Waals surface area contributed by atoms with E-state index in [1.807, 2.05) is 0 Å². The van der Waals surface area contributed by atoms with E-state index in [1.54, 1.807) is 18.2 Å². The molecule has 1 aromatic rings. The molecule has 0 atom stereocenters. The van der Waals surface area contributed by atoms with Crippen molar-refractivity contribution in [3.05, 3.63) is 50.6 Å². The minimum absolute atomic E-state index is 0.0985. The number of aldehydes is 1. The van der Waals surface area contributed by atoms with Gasteiger partial charge in [-0.3, -0.25) is 20.2 Å². The summed E-state index contributed by atoms with van der Waals surface area (Å²) in [6.07, 6.45) is 1.33. The van der Waals surface area contributed by atoms with Crippen LogP contribution in [0.4, 0.5) is 5.69 Å². The molecule has 0 amide bonds. The monoisotopic (exact) mass is 240 g/mol. The molecule has 0 aromatic heterocycles. The Morgan fingerprint density at radius 3 is 2.06 bits per heavy atom. The molecule has 0 heterocycles. The zero-order chi connectivity index (χ0) is 13.1. The number of rotatable bonds is 5. The summed E-state index contributed by atoms with van der Waals surface area (Å²) in [4.78, 5) is 28.3.